The average molecular weight is 368 g/mol. The second kappa shape index (κ2) is 8.33. The molecule has 144 valence electrons. The zero-order valence-electron chi connectivity index (χ0n) is 16.4. The highest BCUT2D eigenvalue weighted by atomic mass is 16.2. The van der Waals surface area contributed by atoms with Gasteiger partial charge in [-0.15, -0.1) is 0 Å². The second-order valence-electron chi connectivity index (χ2n) is 8.03. The van der Waals surface area contributed by atoms with Crippen LogP contribution < -0.4 is 10.2 Å². The van der Waals surface area contributed by atoms with Gasteiger partial charge in [-0.1, -0.05) is 20.8 Å². The Morgan fingerprint density at radius 1 is 1.07 bits per heavy atom. The lowest BCUT2D eigenvalue weighted by atomic mass is 9.97. The first-order chi connectivity index (χ1) is 12.9. The van der Waals surface area contributed by atoms with Gasteiger partial charge in [-0.25, -0.2) is 15.0 Å². The van der Waals surface area contributed by atoms with E-state index in [1.54, 1.807) is 18.6 Å². The summed E-state index contributed by atoms with van der Waals surface area (Å²) in [6, 6.07) is 5.54. The molecule has 1 amide bonds. The quantitative estimate of drug-likeness (QED) is 0.894. The number of nitrogens with zero attached hydrogens (tertiary/aromatic N) is 5. The second-order valence-corrected chi connectivity index (χ2v) is 8.03. The molecule has 0 aromatic carbocycles. The molecule has 0 saturated carbocycles. The average Bonchev–Trinajstić information content (AvgIpc) is 2.93. The van der Waals surface area contributed by atoms with Crippen molar-refractivity contribution in [2.24, 2.45) is 5.41 Å². The SMILES string of the molecule is CC(C)(C)CNc1ccc(C(=O)N2CCCN(c3ncccn3)CC2)cn1. The molecule has 1 aliphatic rings. The number of aromatic nitrogens is 3. The number of carbonyl (C=O) groups is 1. The van der Waals surface area contributed by atoms with Crippen molar-refractivity contribution in [2.75, 3.05) is 42.9 Å². The maximum Gasteiger partial charge on any atom is 0.255 e. The summed E-state index contributed by atoms with van der Waals surface area (Å²) in [5, 5.41) is 3.31. The number of hydrogen-bond donors (Lipinski definition) is 1. The Morgan fingerprint density at radius 3 is 2.52 bits per heavy atom. The molecule has 0 atom stereocenters. The number of nitrogens with one attached hydrogen (secondary N) is 1. The first kappa shape index (κ1) is 19.1. The first-order valence-electron chi connectivity index (χ1n) is 9.43. The summed E-state index contributed by atoms with van der Waals surface area (Å²) < 4.78 is 0. The lowest BCUT2D eigenvalue weighted by molar-refractivity contribution is 0.0766. The van der Waals surface area contributed by atoms with E-state index in [4.69, 9.17) is 0 Å². The van der Waals surface area contributed by atoms with E-state index in [-0.39, 0.29) is 11.3 Å². The van der Waals surface area contributed by atoms with Crippen molar-refractivity contribution < 1.29 is 4.79 Å². The van der Waals surface area contributed by atoms with Gasteiger partial charge in [0.15, 0.2) is 0 Å². The number of pyridine rings is 1. The molecule has 3 rings (SSSR count). The fraction of sp³-hybridized carbons (Fsp3) is 0.500. The zero-order chi connectivity index (χ0) is 19.3. The molecular formula is C20H28N6O. The number of rotatable bonds is 4. The predicted molar refractivity (Wildman–Crippen MR) is 107 cm³/mol. The molecule has 1 fully saturated rings. The van der Waals surface area contributed by atoms with E-state index in [0.717, 1.165) is 44.4 Å². The molecule has 7 nitrogen and oxygen atoms in total. The van der Waals surface area contributed by atoms with Gasteiger partial charge in [0.05, 0.1) is 5.56 Å². The third-order valence-electron chi connectivity index (χ3n) is 4.43. The van der Waals surface area contributed by atoms with Crippen molar-refractivity contribution >= 4 is 17.7 Å². The minimum atomic E-state index is 0.0284. The molecule has 1 aliphatic heterocycles. The highest BCUT2D eigenvalue weighted by Crippen LogP contribution is 2.16. The summed E-state index contributed by atoms with van der Waals surface area (Å²) in [7, 11) is 0. The lowest BCUT2D eigenvalue weighted by Crippen LogP contribution is -2.35. The molecule has 2 aromatic heterocycles. The first-order valence-corrected chi connectivity index (χ1v) is 9.43. The molecule has 27 heavy (non-hydrogen) atoms. The number of hydrogen-bond acceptors (Lipinski definition) is 6. The van der Waals surface area contributed by atoms with Crippen molar-refractivity contribution in [1.29, 1.82) is 0 Å². The van der Waals surface area contributed by atoms with Gasteiger partial charge >= 0.3 is 0 Å². The monoisotopic (exact) mass is 368 g/mol. The Hall–Kier alpha value is -2.70. The Bertz CT molecular complexity index is 741. The van der Waals surface area contributed by atoms with Crippen molar-refractivity contribution in [2.45, 2.75) is 27.2 Å². The van der Waals surface area contributed by atoms with Gasteiger partial charge in [0, 0.05) is 51.3 Å². The lowest BCUT2D eigenvalue weighted by Gasteiger charge is -2.22. The summed E-state index contributed by atoms with van der Waals surface area (Å²) in [6.45, 7) is 10.3. The summed E-state index contributed by atoms with van der Waals surface area (Å²) in [5.74, 6) is 1.55. The van der Waals surface area contributed by atoms with E-state index in [2.05, 4.69) is 45.9 Å². The van der Waals surface area contributed by atoms with Crippen molar-refractivity contribution in [3.8, 4) is 0 Å². The molecule has 0 bridgehead atoms. The zero-order valence-corrected chi connectivity index (χ0v) is 16.4. The van der Waals surface area contributed by atoms with Crippen molar-refractivity contribution in [1.82, 2.24) is 19.9 Å². The molecule has 1 saturated heterocycles. The maximum atomic E-state index is 12.8. The molecule has 0 aliphatic carbocycles. The molecule has 0 unspecified atom stereocenters. The van der Waals surface area contributed by atoms with E-state index in [0.29, 0.717) is 12.1 Å². The van der Waals surface area contributed by atoms with Gasteiger partial charge in [0.1, 0.15) is 5.82 Å². The number of amides is 1. The summed E-state index contributed by atoms with van der Waals surface area (Å²) in [5.41, 5.74) is 0.803. The molecule has 1 N–H and O–H groups in total. The maximum absolute atomic E-state index is 12.8. The molecule has 2 aromatic rings. The highest BCUT2D eigenvalue weighted by Gasteiger charge is 2.21. The standard InChI is InChI=1S/C20H28N6O/c1-20(2,3)15-24-17-7-6-16(14-23-17)18(27)25-10-5-11-26(13-12-25)19-21-8-4-9-22-19/h4,6-9,14H,5,10-13,15H2,1-3H3,(H,23,24). The number of carbonyl (C=O) groups excluding carboxylic acids is 1. The Morgan fingerprint density at radius 2 is 1.85 bits per heavy atom. The topological polar surface area (TPSA) is 74.2 Å². The largest absolute Gasteiger partial charge is 0.370 e. The molecule has 0 spiro atoms. The summed E-state index contributed by atoms with van der Waals surface area (Å²) in [6.07, 6.45) is 6.05. The molecule has 7 heteroatoms. The minimum absolute atomic E-state index is 0.0284. The van der Waals surface area contributed by atoms with Gasteiger partial charge in [0.25, 0.3) is 5.91 Å². The van der Waals surface area contributed by atoms with E-state index >= 15 is 0 Å². The van der Waals surface area contributed by atoms with E-state index in [1.165, 1.54) is 0 Å². The van der Waals surface area contributed by atoms with Crippen LogP contribution in [0.4, 0.5) is 11.8 Å². The van der Waals surface area contributed by atoms with Crippen LogP contribution in [-0.4, -0.2) is 58.5 Å². The third-order valence-corrected chi connectivity index (χ3v) is 4.43. The van der Waals surface area contributed by atoms with Gasteiger partial charge in [-0.2, -0.15) is 0 Å². The predicted octanol–water partition coefficient (Wildman–Crippen LogP) is 2.68. The van der Waals surface area contributed by atoms with Crippen LogP contribution in [0.5, 0.6) is 0 Å². The summed E-state index contributed by atoms with van der Waals surface area (Å²) in [4.78, 5) is 29.9. The minimum Gasteiger partial charge on any atom is -0.370 e. The fourth-order valence-electron chi connectivity index (χ4n) is 2.94. The van der Waals surface area contributed by atoms with Crippen LogP contribution in [-0.2, 0) is 0 Å². The van der Waals surface area contributed by atoms with Crippen LogP contribution in [0.1, 0.15) is 37.6 Å². The van der Waals surface area contributed by atoms with Crippen LogP contribution in [0.15, 0.2) is 36.8 Å². The molecular weight excluding hydrogens is 340 g/mol. The Balaban J connectivity index is 1.59. The van der Waals surface area contributed by atoms with Crippen molar-refractivity contribution in [3.05, 3.63) is 42.4 Å². The Labute approximate surface area is 160 Å². The van der Waals surface area contributed by atoms with Gasteiger partial charge in [-0.3, -0.25) is 4.79 Å². The van der Waals surface area contributed by atoms with Gasteiger partial charge in [-0.05, 0) is 30.0 Å². The van der Waals surface area contributed by atoms with Crippen LogP contribution >= 0.6 is 0 Å². The smallest absolute Gasteiger partial charge is 0.255 e. The van der Waals surface area contributed by atoms with E-state index in [9.17, 15) is 4.79 Å². The van der Waals surface area contributed by atoms with E-state index in [1.807, 2.05) is 23.1 Å². The fourth-order valence-corrected chi connectivity index (χ4v) is 2.94. The van der Waals surface area contributed by atoms with E-state index < -0.39 is 0 Å². The van der Waals surface area contributed by atoms with Crippen LogP contribution in [0.3, 0.4) is 0 Å². The van der Waals surface area contributed by atoms with Crippen molar-refractivity contribution in [3.63, 3.8) is 0 Å². The van der Waals surface area contributed by atoms with Gasteiger partial charge in [0.2, 0.25) is 5.95 Å². The van der Waals surface area contributed by atoms with Crippen LogP contribution in [0.2, 0.25) is 0 Å². The third kappa shape index (κ3) is 5.39. The number of anilines is 2. The summed E-state index contributed by atoms with van der Waals surface area (Å²) >= 11 is 0. The molecule has 3 heterocycles. The normalized spacial score (nSPS) is 15.4. The van der Waals surface area contributed by atoms with Crippen LogP contribution in [0.25, 0.3) is 0 Å². The van der Waals surface area contributed by atoms with Crippen LogP contribution in [0, 0.1) is 5.41 Å². The Kier molecular flexibility index (Phi) is 5.88. The van der Waals surface area contributed by atoms with Gasteiger partial charge < -0.3 is 15.1 Å². The highest BCUT2D eigenvalue weighted by molar-refractivity contribution is 5.94. The molecule has 0 radical (unpaired) electrons.